The van der Waals surface area contributed by atoms with Crippen molar-refractivity contribution >= 4 is 28.9 Å². The fraction of sp³-hybridized carbons (Fsp3) is 0.645. The Labute approximate surface area is 223 Å². The molecule has 1 aromatic carbocycles. The summed E-state index contributed by atoms with van der Waals surface area (Å²) in [6, 6.07) is 3.76. The quantitative estimate of drug-likeness (QED) is 0.572. The summed E-state index contributed by atoms with van der Waals surface area (Å²) < 4.78 is 0. The third kappa shape index (κ3) is 3.33. The molecule has 6 atom stereocenters. The van der Waals surface area contributed by atoms with E-state index < -0.39 is 63.1 Å². The van der Waals surface area contributed by atoms with Gasteiger partial charge in [0.2, 0.25) is 0 Å². The number of carbonyl (C=O) groups is 5. The smallest absolute Gasteiger partial charge is 0.190 e. The molecule has 0 saturated heterocycles. The summed E-state index contributed by atoms with van der Waals surface area (Å²) in [5.74, 6) is -8.23. The highest BCUT2D eigenvalue weighted by molar-refractivity contribution is 6.32. The van der Waals surface area contributed by atoms with E-state index in [0.29, 0.717) is 11.1 Å². The first-order valence-corrected chi connectivity index (χ1v) is 13.9. The summed E-state index contributed by atoms with van der Waals surface area (Å²) >= 11 is 0. The lowest BCUT2D eigenvalue weighted by atomic mass is 9.40. The van der Waals surface area contributed by atoms with Gasteiger partial charge in [-0.1, -0.05) is 59.1 Å². The van der Waals surface area contributed by atoms with Crippen LogP contribution in [0.4, 0.5) is 0 Å². The zero-order valence-electron chi connectivity index (χ0n) is 22.9. The Balaban J connectivity index is 1.67. The molecule has 0 radical (unpaired) electrons. The monoisotopic (exact) mass is 522 g/mol. The average molecular weight is 523 g/mol. The van der Waals surface area contributed by atoms with Gasteiger partial charge in [0.25, 0.3) is 0 Å². The number of hydrogen-bond donors (Lipinski definition) is 2. The summed E-state index contributed by atoms with van der Waals surface area (Å²) in [6.45, 7) is 8.08. The summed E-state index contributed by atoms with van der Waals surface area (Å²) in [7, 11) is 0. The van der Waals surface area contributed by atoms with Crippen LogP contribution >= 0.6 is 0 Å². The minimum Gasteiger partial charge on any atom is -0.507 e. The van der Waals surface area contributed by atoms with Crippen LogP contribution in [-0.2, 0) is 25.6 Å². The average Bonchev–Trinajstić information content (AvgIpc) is 2.81. The molecule has 0 aliphatic heterocycles. The van der Waals surface area contributed by atoms with E-state index in [0.717, 1.165) is 39.0 Å². The Bertz CT molecular complexity index is 1270. The maximum absolute atomic E-state index is 14.3. The second-order valence-electron chi connectivity index (χ2n) is 13.2. The van der Waals surface area contributed by atoms with Crippen molar-refractivity contribution in [2.75, 3.05) is 0 Å². The van der Waals surface area contributed by atoms with Gasteiger partial charge in [0, 0.05) is 11.3 Å². The van der Waals surface area contributed by atoms with Crippen LogP contribution in [0, 0.1) is 34.5 Å². The van der Waals surface area contributed by atoms with Crippen LogP contribution in [-0.4, -0.2) is 44.7 Å². The highest BCUT2D eigenvalue weighted by atomic mass is 16.3. The van der Waals surface area contributed by atoms with Crippen LogP contribution in [0.15, 0.2) is 12.1 Å². The number of phenols is 1. The third-order valence-corrected chi connectivity index (χ3v) is 10.3. The normalized spacial score (nSPS) is 37.6. The standard InChI is InChI=1S/C31H38O7/c1-15(2)22-25(34)20(16(3)32)27(36)31(38)28(37)23-26(35)21-18(13-29(23,4)14-30(22,31)5)11-12-19(24(21)33)17-9-7-6-8-10-17/h11-12,15,17,20,22-23,33,38H,6-10,13-14H2,1-5H3/t20?,22?,23?,29-,30-,31+/m1/s1. The molecule has 3 fully saturated rings. The molecule has 3 saturated carbocycles. The number of Topliss-reactive ketones (excluding diaryl/α,β-unsaturated/α-hetero) is 5. The lowest BCUT2D eigenvalue weighted by molar-refractivity contribution is -0.205. The number of phenolic OH excluding ortho intramolecular Hbond substituents is 1. The molecule has 204 valence electrons. The minimum absolute atomic E-state index is 0.0776. The van der Waals surface area contributed by atoms with E-state index in [1.165, 1.54) is 0 Å². The van der Waals surface area contributed by atoms with Crippen molar-refractivity contribution in [3.8, 4) is 5.75 Å². The van der Waals surface area contributed by atoms with Crippen molar-refractivity contribution in [1.82, 2.24) is 0 Å². The Morgan fingerprint density at radius 3 is 2.21 bits per heavy atom. The van der Waals surface area contributed by atoms with Crippen molar-refractivity contribution in [2.24, 2.45) is 34.5 Å². The molecule has 0 spiro atoms. The molecule has 7 nitrogen and oxygen atoms in total. The van der Waals surface area contributed by atoms with Gasteiger partial charge >= 0.3 is 0 Å². The molecular formula is C31H38O7. The SMILES string of the molecule is CC(=O)C1C(=O)C(C(C)C)[C@@]2(C)C[C@@]3(C)Cc4ccc(C5CCCCC5)c(O)c4C(=O)C3C(=O)[C@@]2(O)C1=O. The van der Waals surface area contributed by atoms with Gasteiger partial charge in [-0.2, -0.15) is 0 Å². The predicted molar refractivity (Wildman–Crippen MR) is 139 cm³/mol. The van der Waals surface area contributed by atoms with Gasteiger partial charge in [0.1, 0.15) is 17.5 Å². The van der Waals surface area contributed by atoms with Gasteiger partial charge in [0.05, 0.1) is 11.5 Å². The maximum Gasteiger partial charge on any atom is 0.190 e. The van der Waals surface area contributed by atoms with E-state index in [-0.39, 0.29) is 36.0 Å². The van der Waals surface area contributed by atoms with Crippen LogP contribution < -0.4 is 0 Å². The number of ketones is 5. The first kappa shape index (κ1) is 26.9. The summed E-state index contributed by atoms with van der Waals surface area (Å²) in [5.41, 5.74) is -3.64. The summed E-state index contributed by atoms with van der Waals surface area (Å²) in [4.78, 5) is 68.1. The number of hydrogen-bond acceptors (Lipinski definition) is 7. The molecule has 5 rings (SSSR count). The fourth-order valence-electron chi connectivity index (χ4n) is 8.89. The lowest BCUT2D eigenvalue weighted by Gasteiger charge is -2.61. The van der Waals surface area contributed by atoms with Crippen molar-refractivity contribution in [2.45, 2.75) is 91.1 Å². The van der Waals surface area contributed by atoms with Crippen molar-refractivity contribution in [3.63, 3.8) is 0 Å². The summed E-state index contributed by atoms with van der Waals surface area (Å²) in [6.07, 6.45) is 5.45. The molecule has 0 bridgehead atoms. The van der Waals surface area contributed by atoms with Crippen molar-refractivity contribution in [3.05, 3.63) is 28.8 Å². The zero-order valence-corrected chi connectivity index (χ0v) is 22.9. The van der Waals surface area contributed by atoms with Crippen molar-refractivity contribution < 1.29 is 34.2 Å². The molecule has 38 heavy (non-hydrogen) atoms. The maximum atomic E-state index is 14.3. The van der Waals surface area contributed by atoms with Crippen LogP contribution in [0.2, 0.25) is 0 Å². The number of carbonyl (C=O) groups excluding carboxylic acids is 5. The topological polar surface area (TPSA) is 126 Å². The third-order valence-electron chi connectivity index (χ3n) is 10.3. The molecule has 0 heterocycles. The van der Waals surface area contributed by atoms with Crippen LogP contribution in [0.3, 0.4) is 0 Å². The van der Waals surface area contributed by atoms with E-state index >= 15 is 0 Å². The second-order valence-corrected chi connectivity index (χ2v) is 13.2. The molecule has 4 aliphatic rings. The Hall–Kier alpha value is -2.67. The predicted octanol–water partition coefficient (Wildman–Crippen LogP) is 4.14. The first-order valence-electron chi connectivity index (χ1n) is 13.9. The molecule has 7 heteroatoms. The van der Waals surface area contributed by atoms with Gasteiger partial charge < -0.3 is 10.2 Å². The highest BCUT2D eigenvalue weighted by Gasteiger charge is 2.76. The van der Waals surface area contributed by atoms with Crippen molar-refractivity contribution in [1.29, 1.82) is 0 Å². The number of aliphatic hydroxyl groups is 1. The molecule has 3 unspecified atom stereocenters. The van der Waals surface area contributed by atoms with E-state index in [4.69, 9.17) is 0 Å². The number of fused-ring (bicyclic) bond motifs is 3. The Morgan fingerprint density at radius 2 is 1.63 bits per heavy atom. The fourth-order valence-corrected chi connectivity index (χ4v) is 8.89. The van der Waals surface area contributed by atoms with Gasteiger partial charge in [0.15, 0.2) is 28.7 Å². The highest BCUT2D eigenvalue weighted by Crippen LogP contribution is 2.63. The molecule has 2 N–H and O–H groups in total. The van der Waals surface area contributed by atoms with Crippen LogP contribution in [0.5, 0.6) is 5.75 Å². The second kappa shape index (κ2) is 8.67. The number of aromatic hydroxyl groups is 1. The number of benzene rings is 1. The minimum atomic E-state index is -2.65. The van der Waals surface area contributed by atoms with E-state index in [1.807, 2.05) is 12.1 Å². The molecule has 4 aliphatic carbocycles. The van der Waals surface area contributed by atoms with E-state index in [2.05, 4.69) is 0 Å². The first-order chi connectivity index (χ1) is 17.7. The van der Waals surface area contributed by atoms with Gasteiger partial charge in [-0.15, -0.1) is 0 Å². The Kier molecular flexibility index (Phi) is 6.14. The van der Waals surface area contributed by atoms with Gasteiger partial charge in [-0.3, -0.25) is 24.0 Å². The van der Waals surface area contributed by atoms with Gasteiger partial charge in [-0.05, 0) is 61.0 Å². The van der Waals surface area contributed by atoms with E-state index in [9.17, 15) is 34.2 Å². The van der Waals surface area contributed by atoms with Crippen LogP contribution in [0.1, 0.15) is 101 Å². The largest absolute Gasteiger partial charge is 0.507 e. The molecule has 0 amide bonds. The molecule has 0 aromatic heterocycles. The molecular weight excluding hydrogens is 484 g/mol. The lowest BCUT2D eigenvalue weighted by Crippen LogP contribution is -2.76. The number of rotatable bonds is 3. The van der Waals surface area contributed by atoms with Crippen LogP contribution in [0.25, 0.3) is 0 Å². The van der Waals surface area contributed by atoms with Gasteiger partial charge in [-0.25, -0.2) is 0 Å². The molecule has 1 aromatic rings. The van der Waals surface area contributed by atoms with E-state index in [1.54, 1.807) is 27.7 Å². The Morgan fingerprint density at radius 1 is 1.00 bits per heavy atom. The zero-order chi connectivity index (χ0) is 27.9. The summed E-state index contributed by atoms with van der Waals surface area (Å²) in [5, 5.41) is 23.4.